The maximum atomic E-state index is 11.5. The van der Waals surface area contributed by atoms with E-state index in [2.05, 4.69) is 10.2 Å². The molecule has 0 spiro atoms. The maximum absolute atomic E-state index is 11.5. The Hall–Kier alpha value is -0.750. The van der Waals surface area contributed by atoms with E-state index in [9.17, 15) is 9.90 Å². The van der Waals surface area contributed by atoms with E-state index >= 15 is 0 Å². The number of rotatable bonds is 7. The lowest BCUT2D eigenvalue weighted by molar-refractivity contribution is 0.165. The summed E-state index contributed by atoms with van der Waals surface area (Å²) in [6, 6.07) is 0. The molecule has 0 radical (unpaired) electrons. The standard InChI is InChI=1S/C13H23N3O2S/c1-2-7-16-12(18)14-15-13(16)19-9-11(17)8-10-5-3-4-6-10/h10-11,17H,2-9H2,1H3,(H,14,18). The van der Waals surface area contributed by atoms with Crippen molar-refractivity contribution in [3.8, 4) is 0 Å². The molecule has 1 saturated carbocycles. The van der Waals surface area contributed by atoms with E-state index in [0.29, 0.717) is 23.4 Å². The van der Waals surface area contributed by atoms with Crippen LogP contribution in [-0.4, -0.2) is 31.7 Å². The largest absolute Gasteiger partial charge is 0.392 e. The highest BCUT2D eigenvalue weighted by molar-refractivity contribution is 7.99. The second kappa shape index (κ2) is 7.14. The van der Waals surface area contributed by atoms with Crippen molar-refractivity contribution in [2.75, 3.05) is 5.75 Å². The summed E-state index contributed by atoms with van der Waals surface area (Å²) in [6.07, 6.45) is 6.61. The molecule has 0 bridgehead atoms. The Balaban J connectivity index is 1.82. The van der Waals surface area contributed by atoms with Gasteiger partial charge >= 0.3 is 5.69 Å². The van der Waals surface area contributed by atoms with Crippen molar-refractivity contribution in [3.05, 3.63) is 10.5 Å². The van der Waals surface area contributed by atoms with Gasteiger partial charge in [-0.25, -0.2) is 9.89 Å². The number of nitrogens with one attached hydrogen (secondary N) is 1. The van der Waals surface area contributed by atoms with E-state index in [0.717, 1.165) is 12.8 Å². The highest BCUT2D eigenvalue weighted by Gasteiger charge is 2.19. The zero-order chi connectivity index (χ0) is 13.7. The second-order valence-corrected chi connectivity index (χ2v) is 6.30. The van der Waals surface area contributed by atoms with Crippen molar-refractivity contribution in [1.29, 1.82) is 0 Å². The van der Waals surface area contributed by atoms with Crippen LogP contribution in [0.4, 0.5) is 0 Å². The van der Waals surface area contributed by atoms with Crippen LogP contribution in [0.1, 0.15) is 45.4 Å². The van der Waals surface area contributed by atoms with Gasteiger partial charge in [0.2, 0.25) is 0 Å². The molecule has 1 heterocycles. The Bertz CT molecular complexity index is 437. The number of thioether (sulfide) groups is 1. The topological polar surface area (TPSA) is 70.9 Å². The summed E-state index contributed by atoms with van der Waals surface area (Å²) in [5.74, 6) is 1.30. The van der Waals surface area contributed by atoms with E-state index < -0.39 is 0 Å². The van der Waals surface area contributed by atoms with Gasteiger partial charge in [-0.15, -0.1) is 5.10 Å². The van der Waals surface area contributed by atoms with Crippen LogP contribution in [0.3, 0.4) is 0 Å². The molecule has 5 nitrogen and oxygen atoms in total. The number of hydrogen-bond donors (Lipinski definition) is 2. The predicted octanol–water partition coefficient (Wildman–Crippen LogP) is 2.01. The first-order valence-corrected chi connectivity index (χ1v) is 8.15. The molecule has 1 aromatic heterocycles. The van der Waals surface area contributed by atoms with Crippen LogP contribution in [0, 0.1) is 5.92 Å². The van der Waals surface area contributed by atoms with Crippen molar-refractivity contribution >= 4 is 11.8 Å². The maximum Gasteiger partial charge on any atom is 0.343 e. The Morgan fingerprint density at radius 2 is 2.26 bits per heavy atom. The summed E-state index contributed by atoms with van der Waals surface area (Å²) in [4.78, 5) is 11.5. The Labute approximate surface area is 117 Å². The van der Waals surface area contributed by atoms with Crippen LogP contribution >= 0.6 is 11.8 Å². The van der Waals surface area contributed by atoms with E-state index in [-0.39, 0.29) is 11.8 Å². The number of hydrogen-bond acceptors (Lipinski definition) is 4. The van der Waals surface area contributed by atoms with Gasteiger partial charge in [-0.2, -0.15) is 0 Å². The van der Waals surface area contributed by atoms with Gasteiger partial charge in [-0.05, 0) is 18.8 Å². The Morgan fingerprint density at radius 3 is 2.95 bits per heavy atom. The molecule has 1 aliphatic rings. The molecule has 2 N–H and O–H groups in total. The Kier molecular flexibility index (Phi) is 5.51. The van der Waals surface area contributed by atoms with Gasteiger partial charge in [0.05, 0.1) is 6.10 Å². The number of aliphatic hydroxyl groups excluding tert-OH is 1. The summed E-state index contributed by atoms with van der Waals surface area (Å²) >= 11 is 1.47. The van der Waals surface area contributed by atoms with Gasteiger partial charge in [0.1, 0.15) is 0 Å². The third-order valence-corrected chi connectivity index (χ3v) is 4.78. The molecular weight excluding hydrogens is 262 g/mol. The van der Waals surface area contributed by atoms with E-state index in [1.807, 2.05) is 6.92 Å². The van der Waals surface area contributed by atoms with Crippen LogP contribution in [0.5, 0.6) is 0 Å². The van der Waals surface area contributed by atoms with Gasteiger partial charge in [0.25, 0.3) is 0 Å². The van der Waals surface area contributed by atoms with E-state index in [1.54, 1.807) is 4.57 Å². The summed E-state index contributed by atoms with van der Waals surface area (Å²) in [6.45, 7) is 2.71. The van der Waals surface area contributed by atoms with Gasteiger partial charge < -0.3 is 5.11 Å². The number of aromatic nitrogens is 3. The lowest BCUT2D eigenvalue weighted by atomic mass is 10.0. The number of aliphatic hydroxyl groups is 1. The summed E-state index contributed by atoms with van der Waals surface area (Å²) in [5.41, 5.74) is -0.158. The molecule has 0 amide bonds. The molecule has 1 fully saturated rings. The second-order valence-electron chi connectivity index (χ2n) is 5.31. The van der Waals surface area contributed by atoms with Crippen LogP contribution < -0.4 is 5.69 Å². The first-order valence-electron chi connectivity index (χ1n) is 7.16. The van der Waals surface area contributed by atoms with Gasteiger partial charge in [-0.1, -0.05) is 44.4 Å². The molecule has 2 rings (SSSR count). The van der Waals surface area contributed by atoms with Crippen LogP contribution in [-0.2, 0) is 6.54 Å². The van der Waals surface area contributed by atoms with Crippen LogP contribution in [0.25, 0.3) is 0 Å². The summed E-state index contributed by atoms with van der Waals surface area (Å²) in [7, 11) is 0. The molecule has 0 saturated heterocycles. The van der Waals surface area contributed by atoms with E-state index in [1.165, 1.54) is 37.4 Å². The normalized spacial score (nSPS) is 18.0. The first-order chi connectivity index (χ1) is 9.20. The fourth-order valence-corrected chi connectivity index (χ4v) is 3.62. The molecule has 19 heavy (non-hydrogen) atoms. The highest BCUT2D eigenvalue weighted by Crippen LogP contribution is 2.29. The lowest BCUT2D eigenvalue weighted by Gasteiger charge is -2.14. The molecule has 0 aliphatic heterocycles. The third kappa shape index (κ3) is 4.11. The molecular formula is C13H23N3O2S. The molecule has 6 heteroatoms. The van der Waals surface area contributed by atoms with Gasteiger partial charge in [0, 0.05) is 12.3 Å². The minimum absolute atomic E-state index is 0.158. The quantitative estimate of drug-likeness (QED) is 0.752. The van der Waals surface area contributed by atoms with Crippen molar-refractivity contribution in [3.63, 3.8) is 0 Å². The van der Waals surface area contributed by atoms with Crippen molar-refractivity contribution in [1.82, 2.24) is 14.8 Å². The molecule has 0 aromatic carbocycles. The smallest absolute Gasteiger partial charge is 0.343 e. The average Bonchev–Trinajstić information content (AvgIpc) is 3.00. The minimum atomic E-state index is -0.296. The summed E-state index contributed by atoms with van der Waals surface area (Å²) < 4.78 is 1.65. The number of nitrogens with zero attached hydrogens (tertiary/aromatic N) is 2. The van der Waals surface area contributed by atoms with Gasteiger partial charge in [-0.3, -0.25) is 4.57 Å². The lowest BCUT2D eigenvalue weighted by Crippen LogP contribution is -2.18. The SMILES string of the molecule is CCCn1c(SCC(O)CC2CCCC2)n[nH]c1=O. The molecule has 1 unspecified atom stereocenters. The monoisotopic (exact) mass is 285 g/mol. The highest BCUT2D eigenvalue weighted by atomic mass is 32.2. The summed E-state index contributed by atoms with van der Waals surface area (Å²) in [5, 5.41) is 17.2. The zero-order valence-corrected chi connectivity index (χ0v) is 12.3. The fraction of sp³-hybridized carbons (Fsp3) is 0.846. The van der Waals surface area contributed by atoms with E-state index in [4.69, 9.17) is 0 Å². The minimum Gasteiger partial charge on any atom is -0.392 e. The van der Waals surface area contributed by atoms with Crippen molar-refractivity contribution in [2.45, 2.75) is 63.3 Å². The Morgan fingerprint density at radius 1 is 1.53 bits per heavy atom. The molecule has 108 valence electrons. The zero-order valence-electron chi connectivity index (χ0n) is 11.5. The fourth-order valence-electron chi connectivity index (χ4n) is 2.70. The van der Waals surface area contributed by atoms with Crippen LogP contribution in [0.15, 0.2) is 9.95 Å². The van der Waals surface area contributed by atoms with Crippen LogP contribution in [0.2, 0.25) is 0 Å². The first kappa shape index (κ1) is 14.7. The third-order valence-electron chi connectivity index (χ3n) is 3.66. The molecule has 1 aromatic rings. The number of H-pyrrole nitrogens is 1. The predicted molar refractivity (Wildman–Crippen MR) is 76.4 cm³/mol. The van der Waals surface area contributed by atoms with Gasteiger partial charge in [0.15, 0.2) is 5.16 Å². The average molecular weight is 285 g/mol. The van der Waals surface area contributed by atoms with Crippen molar-refractivity contribution < 1.29 is 5.11 Å². The number of aromatic amines is 1. The molecule has 1 atom stereocenters. The molecule has 1 aliphatic carbocycles. The van der Waals surface area contributed by atoms with Crippen molar-refractivity contribution in [2.24, 2.45) is 5.92 Å².